The fourth-order valence-electron chi connectivity index (χ4n) is 3.31. The summed E-state index contributed by atoms with van der Waals surface area (Å²) in [5.74, 6) is 0. The van der Waals surface area contributed by atoms with E-state index in [-0.39, 0.29) is 0 Å². The van der Waals surface area contributed by atoms with Crippen molar-refractivity contribution in [1.82, 2.24) is 15.1 Å². The maximum Gasteiger partial charge on any atom is 0.0229 e. The molecule has 19 heavy (non-hydrogen) atoms. The van der Waals surface area contributed by atoms with Crippen LogP contribution >= 0.6 is 0 Å². The van der Waals surface area contributed by atoms with Gasteiger partial charge in [0.2, 0.25) is 0 Å². The number of nitrogens with one attached hydrogen (secondary N) is 1. The second kappa shape index (κ2) is 8.23. The molecule has 1 N–H and O–H groups in total. The van der Waals surface area contributed by atoms with Gasteiger partial charge >= 0.3 is 0 Å². The van der Waals surface area contributed by atoms with Crippen LogP contribution in [0.4, 0.5) is 0 Å². The average molecular weight is 269 g/mol. The molecule has 1 fully saturated rings. The van der Waals surface area contributed by atoms with E-state index >= 15 is 0 Å². The van der Waals surface area contributed by atoms with Crippen molar-refractivity contribution in [3.63, 3.8) is 0 Å². The second-order valence-electron chi connectivity index (χ2n) is 6.88. The Labute approximate surface area is 120 Å². The molecule has 114 valence electrons. The summed E-state index contributed by atoms with van der Waals surface area (Å²) >= 11 is 0. The predicted molar refractivity (Wildman–Crippen MR) is 84.7 cm³/mol. The number of likely N-dealkylation sites (tertiary alicyclic amines) is 1. The fraction of sp³-hybridized carbons (Fsp3) is 1.00. The minimum Gasteiger partial charge on any atom is -0.316 e. The Morgan fingerprint density at radius 2 is 2.00 bits per heavy atom. The van der Waals surface area contributed by atoms with E-state index in [0.29, 0.717) is 5.41 Å². The van der Waals surface area contributed by atoms with Crippen LogP contribution in [0.25, 0.3) is 0 Å². The van der Waals surface area contributed by atoms with Crippen molar-refractivity contribution < 1.29 is 0 Å². The van der Waals surface area contributed by atoms with E-state index in [1.165, 1.54) is 45.3 Å². The van der Waals surface area contributed by atoms with Crippen molar-refractivity contribution in [1.29, 1.82) is 0 Å². The summed E-state index contributed by atoms with van der Waals surface area (Å²) in [5.41, 5.74) is 0.436. The lowest BCUT2D eigenvalue weighted by Crippen LogP contribution is -2.42. The highest BCUT2D eigenvalue weighted by Gasteiger charge is 2.31. The van der Waals surface area contributed by atoms with Gasteiger partial charge in [-0.1, -0.05) is 27.2 Å². The molecule has 3 nitrogen and oxygen atoms in total. The van der Waals surface area contributed by atoms with E-state index < -0.39 is 0 Å². The molecule has 0 aromatic heterocycles. The first-order chi connectivity index (χ1) is 9.00. The summed E-state index contributed by atoms with van der Waals surface area (Å²) in [6, 6.07) is 0.759. The van der Waals surface area contributed by atoms with Crippen LogP contribution in [0.1, 0.15) is 46.5 Å². The van der Waals surface area contributed by atoms with Gasteiger partial charge in [0.15, 0.2) is 0 Å². The SMILES string of the molecule is CCCNCC(C)(CCC)CN1CCC(N(C)C)C1. The van der Waals surface area contributed by atoms with Gasteiger partial charge in [0, 0.05) is 25.7 Å². The average Bonchev–Trinajstić information content (AvgIpc) is 2.78. The molecular weight excluding hydrogens is 234 g/mol. The summed E-state index contributed by atoms with van der Waals surface area (Å²) in [6.45, 7) is 13.1. The zero-order valence-electron chi connectivity index (χ0n) is 13.8. The third kappa shape index (κ3) is 5.80. The Kier molecular flexibility index (Phi) is 7.33. The highest BCUT2D eigenvalue weighted by molar-refractivity contribution is 4.87. The molecule has 0 aliphatic carbocycles. The molecule has 1 aliphatic rings. The predicted octanol–water partition coefficient (Wildman–Crippen LogP) is 2.43. The Morgan fingerprint density at radius 3 is 2.53 bits per heavy atom. The van der Waals surface area contributed by atoms with Gasteiger partial charge in [0.1, 0.15) is 0 Å². The maximum absolute atomic E-state index is 3.63. The van der Waals surface area contributed by atoms with E-state index in [0.717, 1.165) is 19.1 Å². The van der Waals surface area contributed by atoms with Crippen molar-refractivity contribution in [2.45, 2.75) is 52.5 Å². The Morgan fingerprint density at radius 1 is 1.26 bits per heavy atom. The van der Waals surface area contributed by atoms with Crippen LogP contribution in [0.5, 0.6) is 0 Å². The Bertz CT molecular complexity index is 242. The molecule has 3 heteroatoms. The molecule has 1 rings (SSSR count). The summed E-state index contributed by atoms with van der Waals surface area (Å²) in [7, 11) is 4.42. The normalized spacial score (nSPS) is 24.0. The highest BCUT2D eigenvalue weighted by atomic mass is 15.2. The molecule has 0 radical (unpaired) electrons. The lowest BCUT2D eigenvalue weighted by atomic mass is 9.85. The van der Waals surface area contributed by atoms with E-state index in [4.69, 9.17) is 0 Å². The van der Waals surface area contributed by atoms with Gasteiger partial charge < -0.3 is 15.1 Å². The summed E-state index contributed by atoms with van der Waals surface area (Å²) < 4.78 is 0. The van der Waals surface area contributed by atoms with Crippen LogP contribution in [0, 0.1) is 5.41 Å². The molecule has 0 spiro atoms. The van der Waals surface area contributed by atoms with Crippen molar-refractivity contribution in [2.24, 2.45) is 5.41 Å². The van der Waals surface area contributed by atoms with Gasteiger partial charge in [-0.3, -0.25) is 0 Å². The van der Waals surface area contributed by atoms with E-state index in [1.54, 1.807) is 0 Å². The second-order valence-corrected chi connectivity index (χ2v) is 6.88. The molecule has 0 saturated carbocycles. The standard InChI is InChI=1S/C16H35N3/c1-6-9-16(3,13-17-10-7-2)14-19-11-8-15(12-19)18(4)5/h15,17H,6-14H2,1-5H3. The van der Waals surface area contributed by atoms with Gasteiger partial charge in [-0.05, 0) is 51.9 Å². The first kappa shape index (κ1) is 16.9. The monoisotopic (exact) mass is 269 g/mol. The third-order valence-corrected chi connectivity index (χ3v) is 4.42. The minimum atomic E-state index is 0.436. The lowest BCUT2D eigenvalue weighted by Gasteiger charge is -2.34. The van der Waals surface area contributed by atoms with Gasteiger partial charge in [-0.2, -0.15) is 0 Å². The highest BCUT2D eigenvalue weighted by Crippen LogP contribution is 2.26. The topological polar surface area (TPSA) is 18.5 Å². The van der Waals surface area contributed by atoms with E-state index in [9.17, 15) is 0 Å². The Hall–Kier alpha value is -0.120. The zero-order chi connectivity index (χ0) is 14.3. The van der Waals surface area contributed by atoms with Gasteiger partial charge in [0.25, 0.3) is 0 Å². The van der Waals surface area contributed by atoms with Crippen LogP contribution in [0.3, 0.4) is 0 Å². The molecule has 0 bridgehead atoms. The molecule has 0 aromatic carbocycles. The molecular formula is C16H35N3. The lowest BCUT2D eigenvalue weighted by molar-refractivity contribution is 0.163. The third-order valence-electron chi connectivity index (χ3n) is 4.42. The number of nitrogens with zero attached hydrogens (tertiary/aromatic N) is 2. The van der Waals surface area contributed by atoms with E-state index in [1.807, 2.05) is 0 Å². The molecule has 2 atom stereocenters. The van der Waals surface area contributed by atoms with Crippen LogP contribution in [0.2, 0.25) is 0 Å². The van der Waals surface area contributed by atoms with Crippen molar-refractivity contribution in [2.75, 3.05) is 46.8 Å². The smallest absolute Gasteiger partial charge is 0.0229 e. The van der Waals surface area contributed by atoms with Crippen LogP contribution in [-0.4, -0.2) is 62.7 Å². The Balaban J connectivity index is 2.44. The number of likely N-dealkylation sites (N-methyl/N-ethyl adjacent to an activating group) is 1. The summed E-state index contributed by atoms with van der Waals surface area (Å²) in [4.78, 5) is 5.06. The van der Waals surface area contributed by atoms with Crippen LogP contribution in [-0.2, 0) is 0 Å². The first-order valence-corrected chi connectivity index (χ1v) is 8.10. The molecule has 0 aromatic rings. The molecule has 0 amide bonds. The molecule has 2 unspecified atom stereocenters. The number of rotatable bonds is 9. The van der Waals surface area contributed by atoms with Gasteiger partial charge in [-0.25, -0.2) is 0 Å². The van der Waals surface area contributed by atoms with Gasteiger partial charge in [0.05, 0.1) is 0 Å². The summed E-state index contributed by atoms with van der Waals surface area (Å²) in [6.07, 6.45) is 5.17. The summed E-state index contributed by atoms with van der Waals surface area (Å²) in [5, 5.41) is 3.63. The van der Waals surface area contributed by atoms with Gasteiger partial charge in [-0.15, -0.1) is 0 Å². The van der Waals surface area contributed by atoms with Crippen molar-refractivity contribution >= 4 is 0 Å². The van der Waals surface area contributed by atoms with Crippen molar-refractivity contribution in [3.05, 3.63) is 0 Å². The fourth-order valence-corrected chi connectivity index (χ4v) is 3.31. The molecule has 1 saturated heterocycles. The number of hydrogen-bond acceptors (Lipinski definition) is 3. The number of hydrogen-bond donors (Lipinski definition) is 1. The molecule has 1 aliphatic heterocycles. The zero-order valence-corrected chi connectivity index (χ0v) is 13.8. The van der Waals surface area contributed by atoms with Crippen LogP contribution < -0.4 is 5.32 Å². The largest absolute Gasteiger partial charge is 0.316 e. The maximum atomic E-state index is 3.63. The quantitative estimate of drug-likeness (QED) is 0.649. The molecule has 1 heterocycles. The van der Waals surface area contributed by atoms with E-state index in [2.05, 4.69) is 50.0 Å². The minimum absolute atomic E-state index is 0.436. The van der Waals surface area contributed by atoms with Crippen molar-refractivity contribution in [3.8, 4) is 0 Å². The van der Waals surface area contributed by atoms with Crippen LogP contribution in [0.15, 0.2) is 0 Å². The first-order valence-electron chi connectivity index (χ1n) is 8.10.